The van der Waals surface area contributed by atoms with Gasteiger partial charge in [-0.15, -0.1) is 0 Å². The molecule has 0 amide bonds. The number of anilines is 3. The summed E-state index contributed by atoms with van der Waals surface area (Å²) in [4.78, 5) is 8.28. The van der Waals surface area contributed by atoms with E-state index >= 15 is 0 Å². The molecule has 3 rings (SSSR count). The molecule has 0 aliphatic heterocycles. The summed E-state index contributed by atoms with van der Waals surface area (Å²) in [5, 5.41) is 12.9. The average Bonchev–Trinajstić information content (AvgIpc) is 2.48. The Morgan fingerprint density at radius 2 is 1.95 bits per heavy atom. The van der Waals surface area contributed by atoms with E-state index in [1.165, 1.54) is 12.1 Å². The van der Waals surface area contributed by atoms with Crippen molar-refractivity contribution in [1.82, 2.24) is 9.97 Å². The van der Waals surface area contributed by atoms with Crippen LogP contribution >= 0.6 is 0 Å². The van der Waals surface area contributed by atoms with Gasteiger partial charge in [0.25, 0.3) is 0 Å². The third-order valence-corrected chi connectivity index (χ3v) is 2.98. The Morgan fingerprint density at radius 1 is 1.14 bits per heavy atom. The quantitative estimate of drug-likeness (QED) is 0.753. The Kier molecular flexibility index (Phi) is 3.09. The van der Waals surface area contributed by atoms with Crippen LogP contribution in [0, 0.1) is 17.1 Å². The van der Waals surface area contributed by atoms with Gasteiger partial charge < -0.3 is 11.1 Å². The molecule has 0 saturated heterocycles. The molecule has 5 nitrogen and oxygen atoms in total. The van der Waals surface area contributed by atoms with E-state index in [1.807, 2.05) is 30.3 Å². The first-order chi connectivity index (χ1) is 10.2. The van der Waals surface area contributed by atoms with Gasteiger partial charge >= 0.3 is 0 Å². The van der Waals surface area contributed by atoms with E-state index in [0.717, 1.165) is 11.5 Å². The number of nitriles is 1. The number of hydrogen-bond donors (Lipinski definition) is 2. The van der Waals surface area contributed by atoms with Gasteiger partial charge in [0.05, 0.1) is 16.8 Å². The molecule has 0 aliphatic rings. The maximum absolute atomic E-state index is 13.2. The van der Waals surface area contributed by atoms with Crippen molar-refractivity contribution in [3.05, 3.63) is 53.8 Å². The molecule has 1 aromatic heterocycles. The Hall–Kier alpha value is -3.20. The number of rotatable bonds is 2. The molecule has 0 bridgehead atoms. The molecule has 3 aromatic rings. The highest BCUT2D eigenvalue weighted by molar-refractivity contribution is 5.92. The van der Waals surface area contributed by atoms with Crippen LogP contribution in [0.5, 0.6) is 0 Å². The van der Waals surface area contributed by atoms with Gasteiger partial charge in [-0.3, -0.25) is 0 Å². The van der Waals surface area contributed by atoms with Crippen LogP contribution in [0.1, 0.15) is 5.56 Å². The summed E-state index contributed by atoms with van der Waals surface area (Å²) in [5.74, 6) is 0.127. The molecule has 0 fully saturated rings. The van der Waals surface area contributed by atoms with E-state index in [2.05, 4.69) is 15.3 Å². The lowest BCUT2D eigenvalue weighted by molar-refractivity contribution is 0.627. The van der Waals surface area contributed by atoms with Crippen molar-refractivity contribution in [3.63, 3.8) is 0 Å². The minimum atomic E-state index is -0.468. The summed E-state index contributed by atoms with van der Waals surface area (Å²) in [6, 6.07) is 13.2. The summed E-state index contributed by atoms with van der Waals surface area (Å²) in [7, 11) is 0. The van der Waals surface area contributed by atoms with E-state index < -0.39 is 5.82 Å². The monoisotopic (exact) mass is 279 g/mol. The lowest BCUT2D eigenvalue weighted by Crippen LogP contribution is -2.02. The van der Waals surface area contributed by atoms with Gasteiger partial charge in [-0.1, -0.05) is 12.1 Å². The Bertz CT molecular complexity index is 870. The van der Waals surface area contributed by atoms with Gasteiger partial charge in [0.2, 0.25) is 5.95 Å². The number of halogens is 1. The average molecular weight is 279 g/mol. The third-order valence-electron chi connectivity index (χ3n) is 2.98. The van der Waals surface area contributed by atoms with Gasteiger partial charge in [0.15, 0.2) is 0 Å². The van der Waals surface area contributed by atoms with Gasteiger partial charge in [0, 0.05) is 5.39 Å². The first kappa shape index (κ1) is 12.8. The largest absolute Gasteiger partial charge is 0.368 e. The molecular weight excluding hydrogens is 269 g/mol. The van der Waals surface area contributed by atoms with Crippen molar-refractivity contribution in [1.29, 1.82) is 5.26 Å². The predicted octanol–water partition coefficient (Wildman–Crippen LogP) is 2.97. The SMILES string of the molecule is N#Cc1cc(F)ccc1Nc1nc(N)nc2ccccc12. The number of benzene rings is 2. The maximum Gasteiger partial charge on any atom is 0.222 e. The zero-order valence-electron chi connectivity index (χ0n) is 10.8. The normalized spacial score (nSPS) is 10.3. The molecule has 1 heterocycles. The first-order valence-corrected chi connectivity index (χ1v) is 6.16. The number of nitrogen functional groups attached to an aromatic ring is 1. The highest BCUT2D eigenvalue weighted by atomic mass is 19.1. The molecule has 21 heavy (non-hydrogen) atoms. The van der Waals surface area contributed by atoms with E-state index in [9.17, 15) is 4.39 Å². The predicted molar refractivity (Wildman–Crippen MR) is 78.3 cm³/mol. The topological polar surface area (TPSA) is 87.6 Å². The van der Waals surface area contributed by atoms with Crippen molar-refractivity contribution < 1.29 is 4.39 Å². The van der Waals surface area contributed by atoms with Crippen molar-refractivity contribution in [2.45, 2.75) is 0 Å². The summed E-state index contributed by atoms with van der Waals surface area (Å²) >= 11 is 0. The summed E-state index contributed by atoms with van der Waals surface area (Å²) < 4.78 is 13.2. The van der Waals surface area contributed by atoms with Crippen LogP contribution in [-0.4, -0.2) is 9.97 Å². The van der Waals surface area contributed by atoms with E-state index in [0.29, 0.717) is 17.0 Å². The van der Waals surface area contributed by atoms with Crippen LogP contribution in [0.25, 0.3) is 10.9 Å². The van der Waals surface area contributed by atoms with Crippen molar-refractivity contribution in [2.24, 2.45) is 0 Å². The van der Waals surface area contributed by atoms with E-state index in [-0.39, 0.29) is 11.5 Å². The lowest BCUT2D eigenvalue weighted by Gasteiger charge is -2.10. The van der Waals surface area contributed by atoms with Crippen LogP contribution < -0.4 is 11.1 Å². The second-order valence-electron chi connectivity index (χ2n) is 4.37. The Labute approximate surface area is 119 Å². The highest BCUT2D eigenvalue weighted by Gasteiger charge is 2.09. The Morgan fingerprint density at radius 3 is 2.76 bits per heavy atom. The molecule has 102 valence electrons. The molecule has 0 aliphatic carbocycles. The van der Waals surface area contributed by atoms with Crippen LogP contribution in [0.4, 0.5) is 21.8 Å². The Balaban J connectivity index is 2.13. The minimum absolute atomic E-state index is 0.122. The molecule has 3 N–H and O–H groups in total. The molecule has 0 unspecified atom stereocenters. The summed E-state index contributed by atoms with van der Waals surface area (Å²) in [6.07, 6.45) is 0. The van der Waals surface area contributed by atoms with Gasteiger partial charge in [-0.25, -0.2) is 9.37 Å². The lowest BCUT2D eigenvalue weighted by atomic mass is 10.1. The van der Waals surface area contributed by atoms with Crippen molar-refractivity contribution in [2.75, 3.05) is 11.1 Å². The molecule has 2 aromatic carbocycles. The minimum Gasteiger partial charge on any atom is -0.368 e. The smallest absolute Gasteiger partial charge is 0.222 e. The molecule has 0 radical (unpaired) electrons. The second-order valence-corrected chi connectivity index (χ2v) is 4.37. The zero-order valence-corrected chi connectivity index (χ0v) is 10.8. The fourth-order valence-corrected chi connectivity index (χ4v) is 2.04. The highest BCUT2D eigenvalue weighted by Crippen LogP contribution is 2.26. The molecule has 0 saturated carbocycles. The van der Waals surface area contributed by atoms with E-state index in [4.69, 9.17) is 11.0 Å². The summed E-state index contributed by atoms with van der Waals surface area (Å²) in [6.45, 7) is 0. The third kappa shape index (κ3) is 2.44. The number of para-hydroxylation sites is 1. The number of nitrogens with zero attached hydrogens (tertiary/aromatic N) is 3. The van der Waals surface area contributed by atoms with Gasteiger partial charge in [-0.05, 0) is 30.3 Å². The standard InChI is InChI=1S/C15H10FN5/c16-10-5-6-12(9(7-10)8-17)19-14-11-3-1-2-4-13(11)20-15(18)21-14/h1-7H,(H3,18,19,20,21). The first-order valence-electron chi connectivity index (χ1n) is 6.16. The molecular formula is C15H10FN5. The molecule has 0 spiro atoms. The fraction of sp³-hybridized carbons (Fsp3) is 0. The van der Waals surface area contributed by atoms with Crippen LogP contribution in [0.3, 0.4) is 0 Å². The van der Waals surface area contributed by atoms with E-state index in [1.54, 1.807) is 0 Å². The van der Waals surface area contributed by atoms with Crippen LogP contribution in [-0.2, 0) is 0 Å². The number of hydrogen-bond acceptors (Lipinski definition) is 5. The molecule has 0 atom stereocenters. The second kappa shape index (κ2) is 5.06. The zero-order chi connectivity index (χ0) is 14.8. The van der Waals surface area contributed by atoms with Crippen LogP contribution in [0.15, 0.2) is 42.5 Å². The van der Waals surface area contributed by atoms with Gasteiger partial charge in [0.1, 0.15) is 17.7 Å². The number of nitrogens with one attached hydrogen (secondary N) is 1. The number of nitrogens with two attached hydrogens (primary N) is 1. The van der Waals surface area contributed by atoms with Crippen molar-refractivity contribution >= 4 is 28.4 Å². The number of aromatic nitrogens is 2. The maximum atomic E-state index is 13.2. The van der Waals surface area contributed by atoms with Crippen LogP contribution in [0.2, 0.25) is 0 Å². The van der Waals surface area contributed by atoms with Crippen molar-refractivity contribution in [3.8, 4) is 6.07 Å². The van der Waals surface area contributed by atoms with Gasteiger partial charge in [-0.2, -0.15) is 10.2 Å². The fourth-order valence-electron chi connectivity index (χ4n) is 2.04. The molecule has 6 heteroatoms. The summed E-state index contributed by atoms with van der Waals surface area (Å²) in [5.41, 5.74) is 7.03. The number of fused-ring (bicyclic) bond motifs is 1.